The standard InChI is InChI=1S/C16H27N5O6S/c1-28-6-4-9(17)14(24)19-8-13(23)20-10(7-12(18)22)15(25)21-5-2-3-11(21)16(26)27/h9-11H,2-8,17H2,1H3,(H2,18,22)(H,19,24)(H,20,23)(H,26,27). The largest absolute Gasteiger partial charge is 0.480 e. The van der Waals surface area contributed by atoms with Gasteiger partial charge in [0.2, 0.25) is 23.6 Å². The molecule has 0 spiro atoms. The lowest BCUT2D eigenvalue weighted by molar-refractivity contribution is -0.149. The molecule has 158 valence electrons. The second kappa shape index (κ2) is 11.5. The molecule has 3 atom stereocenters. The molecule has 3 unspecified atom stereocenters. The highest BCUT2D eigenvalue weighted by atomic mass is 32.2. The molecule has 0 aromatic rings. The molecule has 7 N–H and O–H groups in total. The summed E-state index contributed by atoms with van der Waals surface area (Å²) in [5, 5.41) is 13.9. The Labute approximate surface area is 166 Å². The minimum absolute atomic E-state index is 0.210. The summed E-state index contributed by atoms with van der Waals surface area (Å²) in [5.74, 6) is -3.20. The van der Waals surface area contributed by atoms with Crippen LogP contribution in [0.15, 0.2) is 0 Å². The second-order valence-corrected chi connectivity index (χ2v) is 7.41. The van der Waals surface area contributed by atoms with E-state index >= 15 is 0 Å². The van der Waals surface area contributed by atoms with Crippen molar-refractivity contribution in [2.24, 2.45) is 11.5 Å². The SMILES string of the molecule is CSCCC(N)C(=O)NCC(=O)NC(CC(N)=O)C(=O)N1CCCC1C(=O)O. The van der Waals surface area contributed by atoms with Crippen molar-refractivity contribution in [3.8, 4) is 0 Å². The summed E-state index contributed by atoms with van der Waals surface area (Å²) in [6.07, 6.45) is 2.65. The first-order valence-corrected chi connectivity index (χ1v) is 10.2. The van der Waals surface area contributed by atoms with Crippen molar-refractivity contribution >= 4 is 41.4 Å². The number of carbonyl (C=O) groups excluding carboxylic acids is 4. The molecule has 28 heavy (non-hydrogen) atoms. The van der Waals surface area contributed by atoms with Crippen molar-refractivity contribution < 1.29 is 29.1 Å². The maximum atomic E-state index is 12.6. The number of carboxylic acids is 1. The number of nitrogens with zero attached hydrogens (tertiary/aromatic N) is 1. The first kappa shape index (κ1) is 23.7. The molecule has 1 aliphatic heterocycles. The van der Waals surface area contributed by atoms with E-state index in [1.807, 2.05) is 6.26 Å². The van der Waals surface area contributed by atoms with E-state index in [4.69, 9.17) is 11.5 Å². The molecule has 11 nitrogen and oxygen atoms in total. The van der Waals surface area contributed by atoms with Crippen molar-refractivity contribution in [2.75, 3.05) is 25.1 Å². The molecular formula is C16H27N5O6S. The zero-order valence-corrected chi connectivity index (χ0v) is 16.5. The molecule has 0 aromatic heterocycles. The molecule has 1 fully saturated rings. The molecule has 1 saturated heterocycles. The number of hydrogen-bond donors (Lipinski definition) is 5. The Bertz CT molecular complexity index is 616. The minimum Gasteiger partial charge on any atom is -0.480 e. The highest BCUT2D eigenvalue weighted by Gasteiger charge is 2.38. The fourth-order valence-electron chi connectivity index (χ4n) is 2.81. The number of nitrogens with one attached hydrogen (secondary N) is 2. The predicted octanol–water partition coefficient (Wildman–Crippen LogP) is -2.38. The number of thioether (sulfide) groups is 1. The lowest BCUT2D eigenvalue weighted by Gasteiger charge is -2.26. The van der Waals surface area contributed by atoms with Crippen molar-refractivity contribution in [1.29, 1.82) is 0 Å². The van der Waals surface area contributed by atoms with Crippen LogP contribution in [0.2, 0.25) is 0 Å². The van der Waals surface area contributed by atoms with Crippen LogP contribution in [0.4, 0.5) is 0 Å². The molecule has 1 heterocycles. The number of carboxylic acid groups (broad SMARTS) is 1. The van der Waals surface area contributed by atoms with Crippen LogP contribution in [-0.2, 0) is 24.0 Å². The van der Waals surface area contributed by atoms with E-state index in [2.05, 4.69) is 10.6 Å². The van der Waals surface area contributed by atoms with Gasteiger partial charge in [-0.15, -0.1) is 0 Å². The lowest BCUT2D eigenvalue weighted by Crippen LogP contribution is -2.54. The number of amides is 4. The first-order chi connectivity index (χ1) is 13.2. The zero-order chi connectivity index (χ0) is 21.3. The summed E-state index contributed by atoms with van der Waals surface area (Å²) in [5.41, 5.74) is 10.8. The maximum absolute atomic E-state index is 12.6. The zero-order valence-electron chi connectivity index (χ0n) is 15.7. The van der Waals surface area contributed by atoms with Gasteiger partial charge < -0.3 is 32.1 Å². The number of rotatable bonds is 11. The van der Waals surface area contributed by atoms with Gasteiger partial charge in [0.25, 0.3) is 0 Å². The summed E-state index contributed by atoms with van der Waals surface area (Å²) in [4.78, 5) is 60.2. The molecule has 0 aromatic carbocycles. The average molecular weight is 417 g/mol. The molecular weight excluding hydrogens is 390 g/mol. The Kier molecular flexibility index (Phi) is 9.73. The monoisotopic (exact) mass is 417 g/mol. The molecule has 0 aliphatic carbocycles. The lowest BCUT2D eigenvalue weighted by atomic mass is 10.1. The highest BCUT2D eigenvalue weighted by Crippen LogP contribution is 2.19. The van der Waals surface area contributed by atoms with E-state index in [0.29, 0.717) is 25.0 Å². The molecule has 0 bridgehead atoms. The molecule has 0 saturated carbocycles. The normalized spacial score (nSPS) is 18.2. The third-order valence-electron chi connectivity index (χ3n) is 4.25. The number of nitrogens with two attached hydrogens (primary N) is 2. The van der Waals surface area contributed by atoms with Gasteiger partial charge in [0, 0.05) is 6.54 Å². The van der Waals surface area contributed by atoms with Gasteiger partial charge in [0.15, 0.2) is 0 Å². The number of primary amides is 1. The Morgan fingerprint density at radius 1 is 1.29 bits per heavy atom. The van der Waals surface area contributed by atoms with Crippen molar-refractivity contribution in [3.05, 3.63) is 0 Å². The van der Waals surface area contributed by atoms with E-state index in [-0.39, 0.29) is 6.54 Å². The van der Waals surface area contributed by atoms with Gasteiger partial charge in [-0.25, -0.2) is 4.79 Å². The summed E-state index contributed by atoms with van der Waals surface area (Å²) in [6.45, 7) is -0.224. The van der Waals surface area contributed by atoms with Gasteiger partial charge >= 0.3 is 5.97 Å². The Morgan fingerprint density at radius 3 is 2.54 bits per heavy atom. The van der Waals surface area contributed by atoms with Crippen LogP contribution in [0, 0.1) is 0 Å². The van der Waals surface area contributed by atoms with Gasteiger partial charge in [0.1, 0.15) is 12.1 Å². The van der Waals surface area contributed by atoms with Crippen molar-refractivity contribution in [2.45, 2.75) is 43.8 Å². The van der Waals surface area contributed by atoms with E-state index < -0.39 is 60.7 Å². The fourth-order valence-corrected chi connectivity index (χ4v) is 3.30. The van der Waals surface area contributed by atoms with Crippen LogP contribution < -0.4 is 22.1 Å². The number of hydrogen-bond acceptors (Lipinski definition) is 7. The third kappa shape index (κ3) is 7.35. The fraction of sp³-hybridized carbons (Fsp3) is 0.688. The van der Waals surface area contributed by atoms with Crippen molar-refractivity contribution in [1.82, 2.24) is 15.5 Å². The van der Waals surface area contributed by atoms with E-state index in [1.165, 1.54) is 11.8 Å². The number of aliphatic carboxylic acids is 1. The summed E-state index contributed by atoms with van der Waals surface area (Å²) >= 11 is 1.54. The Morgan fingerprint density at radius 2 is 1.96 bits per heavy atom. The Balaban J connectivity index is 2.66. The molecule has 0 radical (unpaired) electrons. The van der Waals surface area contributed by atoms with Crippen LogP contribution >= 0.6 is 11.8 Å². The van der Waals surface area contributed by atoms with Gasteiger partial charge in [-0.3, -0.25) is 19.2 Å². The Hall–Kier alpha value is -2.34. The molecule has 1 rings (SSSR count). The summed E-state index contributed by atoms with van der Waals surface area (Å²) < 4.78 is 0. The van der Waals surface area contributed by atoms with Crippen LogP contribution in [0.5, 0.6) is 0 Å². The van der Waals surface area contributed by atoms with Crippen LogP contribution in [0.3, 0.4) is 0 Å². The number of carbonyl (C=O) groups is 5. The summed E-state index contributed by atoms with van der Waals surface area (Å²) in [7, 11) is 0. The van der Waals surface area contributed by atoms with Crippen LogP contribution in [0.25, 0.3) is 0 Å². The van der Waals surface area contributed by atoms with E-state index in [0.717, 1.165) is 4.90 Å². The molecule has 12 heteroatoms. The van der Waals surface area contributed by atoms with E-state index in [1.54, 1.807) is 0 Å². The molecule has 1 aliphatic rings. The topological polar surface area (TPSA) is 185 Å². The van der Waals surface area contributed by atoms with Gasteiger partial charge in [0.05, 0.1) is 19.0 Å². The minimum atomic E-state index is -1.30. The van der Waals surface area contributed by atoms with Crippen LogP contribution in [-0.4, -0.2) is 82.8 Å². The van der Waals surface area contributed by atoms with Gasteiger partial charge in [-0.1, -0.05) is 0 Å². The summed E-state index contributed by atoms with van der Waals surface area (Å²) in [6, 6.07) is -3.06. The third-order valence-corrected chi connectivity index (χ3v) is 4.90. The molecule has 4 amide bonds. The van der Waals surface area contributed by atoms with Crippen molar-refractivity contribution in [3.63, 3.8) is 0 Å². The second-order valence-electron chi connectivity index (χ2n) is 6.42. The highest BCUT2D eigenvalue weighted by molar-refractivity contribution is 7.98. The van der Waals surface area contributed by atoms with Crippen LogP contribution in [0.1, 0.15) is 25.7 Å². The number of likely N-dealkylation sites (tertiary alicyclic amines) is 1. The first-order valence-electron chi connectivity index (χ1n) is 8.80. The quantitative estimate of drug-likeness (QED) is 0.246. The average Bonchev–Trinajstić information content (AvgIpc) is 3.12. The van der Waals surface area contributed by atoms with Gasteiger partial charge in [-0.2, -0.15) is 11.8 Å². The smallest absolute Gasteiger partial charge is 0.326 e. The predicted molar refractivity (Wildman–Crippen MR) is 102 cm³/mol. The maximum Gasteiger partial charge on any atom is 0.326 e. The van der Waals surface area contributed by atoms with Gasteiger partial charge in [-0.05, 0) is 31.3 Å². The van der Waals surface area contributed by atoms with E-state index in [9.17, 15) is 29.1 Å².